The molecule has 0 aliphatic carbocycles. The molecule has 114 valence electrons. The smallest absolute Gasteiger partial charge is 0.240 e. The molecule has 1 aromatic rings. The molecule has 0 spiro atoms. The average molecular weight is 311 g/mol. The van der Waals surface area contributed by atoms with E-state index in [4.69, 9.17) is 5.26 Å². The molecule has 1 saturated heterocycles. The van der Waals surface area contributed by atoms with E-state index >= 15 is 0 Å². The van der Waals surface area contributed by atoms with E-state index in [0.717, 1.165) is 25.5 Å². The average Bonchev–Trinajstić information content (AvgIpc) is 2.45. The summed E-state index contributed by atoms with van der Waals surface area (Å²) >= 11 is 0. The molecule has 1 N–H and O–H groups in total. The number of hydrogen-bond acceptors (Lipinski definition) is 4. The number of hydrogen-bond donors (Lipinski definition) is 1. The third-order valence-electron chi connectivity index (χ3n) is 3.47. The quantitative estimate of drug-likeness (QED) is 0.894. The normalized spacial score (nSPS) is 20.1. The van der Waals surface area contributed by atoms with Crippen LogP contribution in [0.25, 0.3) is 0 Å². The lowest BCUT2D eigenvalue weighted by atomic mass is 10.1. The Kier molecular flexibility index (Phi) is 5.28. The Balaban J connectivity index is 2.01. The Hall–Kier alpha value is -1.49. The molecule has 0 amide bonds. The number of halogens is 1. The molecule has 0 aromatic heterocycles. The van der Waals surface area contributed by atoms with E-state index in [1.54, 1.807) is 0 Å². The summed E-state index contributed by atoms with van der Waals surface area (Å²) in [5, 5.41) is 8.60. The molecular formula is C14H18FN3O2S. The van der Waals surface area contributed by atoms with Crippen molar-refractivity contribution in [2.24, 2.45) is 0 Å². The lowest BCUT2D eigenvalue weighted by Gasteiger charge is -2.32. The van der Waals surface area contributed by atoms with Gasteiger partial charge in [0.2, 0.25) is 10.0 Å². The van der Waals surface area contributed by atoms with Crippen molar-refractivity contribution in [1.29, 1.82) is 5.26 Å². The lowest BCUT2D eigenvalue weighted by molar-refractivity contribution is 0.206. The van der Waals surface area contributed by atoms with Crippen LogP contribution in [0, 0.1) is 17.1 Å². The SMILES string of the molecule is N#CCCN1CCCC(NS(=O)(=O)c2cccc(F)c2)C1. The summed E-state index contributed by atoms with van der Waals surface area (Å²) in [6.07, 6.45) is 2.06. The topological polar surface area (TPSA) is 73.2 Å². The first-order chi connectivity index (χ1) is 10.0. The summed E-state index contributed by atoms with van der Waals surface area (Å²) < 4.78 is 40.2. The largest absolute Gasteiger partial charge is 0.301 e. The maximum atomic E-state index is 13.1. The van der Waals surface area contributed by atoms with Crippen LogP contribution < -0.4 is 4.72 Å². The van der Waals surface area contributed by atoms with Crippen LogP contribution >= 0.6 is 0 Å². The minimum Gasteiger partial charge on any atom is -0.301 e. The molecule has 1 heterocycles. The minimum absolute atomic E-state index is 0.0587. The molecule has 0 radical (unpaired) electrons. The zero-order chi connectivity index (χ0) is 15.3. The van der Waals surface area contributed by atoms with Crippen molar-refractivity contribution in [3.63, 3.8) is 0 Å². The van der Waals surface area contributed by atoms with Crippen molar-refractivity contribution in [2.45, 2.75) is 30.2 Å². The molecule has 1 unspecified atom stereocenters. The molecule has 0 saturated carbocycles. The van der Waals surface area contributed by atoms with Crippen LogP contribution in [0.15, 0.2) is 29.2 Å². The Morgan fingerprint density at radius 1 is 1.48 bits per heavy atom. The highest BCUT2D eigenvalue weighted by atomic mass is 32.2. The standard InChI is InChI=1S/C14H18FN3O2S/c15-12-4-1-6-14(10-12)21(19,20)17-13-5-2-8-18(11-13)9-3-7-16/h1,4,6,10,13,17H,2-3,5,8-9,11H2. The number of rotatable bonds is 5. The Morgan fingerprint density at radius 3 is 3.00 bits per heavy atom. The number of piperidine rings is 1. The third-order valence-corrected chi connectivity index (χ3v) is 4.99. The fourth-order valence-corrected chi connectivity index (χ4v) is 3.78. The van der Waals surface area contributed by atoms with Crippen LogP contribution in [0.2, 0.25) is 0 Å². The number of benzene rings is 1. The number of nitrogens with zero attached hydrogens (tertiary/aromatic N) is 2. The fourth-order valence-electron chi connectivity index (χ4n) is 2.48. The number of nitriles is 1. The molecule has 1 aliphatic heterocycles. The summed E-state index contributed by atoms with van der Waals surface area (Å²) in [5.41, 5.74) is 0. The Morgan fingerprint density at radius 2 is 2.29 bits per heavy atom. The predicted octanol–water partition coefficient (Wildman–Crippen LogP) is 1.48. The van der Waals surface area contributed by atoms with Gasteiger partial charge in [0, 0.05) is 25.6 Å². The predicted molar refractivity (Wildman–Crippen MR) is 76.4 cm³/mol. The van der Waals surface area contributed by atoms with Crippen molar-refractivity contribution >= 4 is 10.0 Å². The van der Waals surface area contributed by atoms with Gasteiger partial charge < -0.3 is 4.90 Å². The van der Waals surface area contributed by atoms with Crippen LogP contribution in [0.4, 0.5) is 4.39 Å². The van der Waals surface area contributed by atoms with Crippen LogP contribution in [-0.2, 0) is 10.0 Å². The summed E-state index contributed by atoms with van der Waals surface area (Å²) in [5.74, 6) is -0.572. The van der Waals surface area contributed by atoms with Gasteiger partial charge in [-0.3, -0.25) is 0 Å². The lowest BCUT2D eigenvalue weighted by Crippen LogP contribution is -2.47. The molecule has 1 aliphatic rings. The number of sulfonamides is 1. The van der Waals surface area contributed by atoms with Crippen molar-refractivity contribution in [2.75, 3.05) is 19.6 Å². The first-order valence-corrected chi connectivity index (χ1v) is 8.37. The fraction of sp³-hybridized carbons (Fsp3) is 0.500. The van der Waals surface area contributed by atoms with Gasteiger partial charge in [-0.1, -0.05) is 6.07 Å². The number of nitrogens with one attached hydrogen (secondary N) is 1. The summed E-state index contributed by atoms with van der Waals surface area (Å²) in [4.78, 5) is 2.02. The van der Waals surface area contributed by atoms with Gasteiger partial charge in [-0.05, 0) is 37.6 Å². The molecule has 21 heavy (non-hydrogen) atoms. The highest BCUT2D eigenvalue weighted by Gasteiger charge is 2.25. The first-order valence-electron chi connectivity index (χ1n) is 6.88. The van der Waals surface area contributed by atoms with E-state index in [1.807, 2.05) is 0 Å². The molecule has 1 atom stereocenters. The second kappa shape index (κ2) is 6.98. The van der Waals surface area contributed by atoms with Crippen molar-refractivity contribution < 1.29 is 12.8 Å². The molecule has 1 fully saturated rings. The van der Waals surface area contributed by atoms with Gasteiger partial charge in [0.25, 0.3) is 0 Å². The van der Waals surface area contributed by atoms with Gasteiger partial charge in [0.05, 0.1) is 11.0 Å². The van der Waals surface area contributed by atoms with Gasteiger partial charge in [0.15, 0.2) is 0 Å². The highest BCUT2D eigenvalue weighted by molar-refractivity contribution is 7.89. The second-order valence-electron chi connectivity index (χ2n) is 5.13. The molecule has 1 aromatic carbocycles. The second-order valence-corrected chi connectivity index (χ2v) is 6.84. The molecule has 2 rings (SSSR count). The highest BCUT2D eigenvalue weighted by Crippen LogP contribution is 2.15. The van der Waals surface area contributed by atoms with Crippen LogP contribution in [0.5, 0.6) is 0 Å². The van der Waals surface area contributed by atoms with Crippen molar-refractivity contribution in [3.05, 3.63) is 30.1 Å². The van der Waals surface area contributed by atoms with E-state index in [-0.39, 0.29) is 10.9 Å². The van der Waals surface area contributed by atoms with Gasteiger partial charge in [-0.25, -0.2) is 17.5 Å². The summed E-state index contributed by atoms with van der Waals surface area (Å²) in [6.45, 7) is 2.10. The summed E-state index contributed by atoms with van der Waals surface area (Å²) in [6, 6.07) is 6.86. The zero-order valence-electron chi connectivity index (χ0n) is 11.6. The third kappa shape index (κ3) is 4.49. The van der Waals surface area contributed by atoms with E-state index < -0.39 is 15.8 Å². The van der Waals surface area contributed by atoms with Crippen LogP contribution in [-0.4, -0.2) is 39.0 Å². The van der Waals surface area contributed by atoms with Crippen LogP contribution in [0.3, 0.4) is 0 Å². The van der Waals surface area contributed by atoms with Gasteiger partial charge >= 0.3 is 0 Å². The monoisotopic (exact) mass is 311 g/mol. The maximum Gasteiger partial charge on any atom is 0.240 e. The minimum atomic E-state index is -3.71. The van der Waals surface area contributed by atoms with Crippen LogP contribution in [0.1, 0.15) is 19.3 Å². The molecule has 7 heteroatoms. The molecule has 0 bridgehead atoms. The molecule has 5 nitrogen and oxygen atoms in total. The van der Waals surface area contributed by atoms with Gasteiger partial charge in [-0.2, -0.15) is 5.26 Å². The van der Waals surface area contributed by atoms with Crippen molar-refractivity contribution in [1.82, 2.24) is 9.62 Å². The van der Waals surface area contributed by atoms with Gasteiger partial charge in [0.1, 0.15) is 5.82 Å². The molecular weight excluding hydrogens is 293 g/mol. The maximum absolute atomic E-state index is 13.1. The number of likely N-dealkylation sites (tertiary alicyclic amines) is 1. The van der Waals surface area contributed by atoms with E-state index in [2.05, 4.69) is 15.7 Å². The van der Waals surface area contributed by atoms with Crippen molar-refractivity contribution in [3.8, 4) is 6.07 Å². The van der Waals surface area contributed by atoms with E-state index in [0.29, 0.717) is 19.5 Å². The Bertz CT molecular complexity index is 627. The van der Waals surface area contributed by atoms with Gasteiger partial charge in [-0.15, -0.1) is 0 Å². The zero-order valence-corrected chi connectivity index (χ0v) is 12.4. The Labute approximate surface area is 124 Å². The first kappa shape index (κ1) is 15.9. The summed E-state index contributed by atoms with van der Waals surface area (Å²) in [7, 11) is -3.71. The van der Waals surface area contributed by atoms with E-state index in [9.17, 15) is 12.8 Å². The van der Waals surface area contributed by atoms with E-state index in [1.165, 1.54) is 18.2 Å².